The fourth-order valence-corrected chi connectivity index (χ4v) is 1.42. The minimum atomic E-state index is 0.0160. The largest absolute Gasteiger partial charge is 0.316 e. The Balaban J connectivity index is 2.73. The minimum absolute atomic E-state index is 0.0160. The number of rotatable bonds is 4. The van der Waals surface area contributed by atoms with Crippen molar-refractivity contribution in [3.8, 4) is 0 Å². The molecule has 2 N–H and O–H groups in total. The van der Waals surface area contributed by atoms with E-state index in [-0.39, 0.29) is 6.04 Å². The number of nitrogens with one attached hydrogen (secondary N) is 1. The summed E-state index contributed by atoms with van der Waals surface area (Å²) in [5.74, 6) is 0. The molecule has 1 atom stereocenters. The lowest BCUT2D eigenvalue weighted by Crippen LogP contribution is -2.16. The zero-order valence-corrected chi connectivity index (χ0v) is 8.38. The maximum Gasteiger partial charge on any atom is 0.0568 e. The highest BCUT2D eigenvalue weighted by Crippen LogP contribution is 2.19. The molecule has 0 saturated carbocycles. The van der Waals surface area contributed by atoms with Gasteiger partial charge in [-0.05, 0) is 24.1 Å². The van der Waals surface area contributed by atoms with Gasteiger partial charge >= 0.3 is 0 Å². The Morgan fingerprint density at radius 2 is 2.00 bits per heavy atom. The second kappa shape index (κ2) is 5.22. The third-order valence-electron chi connectivity index (χ3n) is 2.01. The van der Waals surface area contributed by atoms with E-state index in [4.69, 9.17) is 16.8 Å². The van der Waals surface area contributed by atoms with Crippen LogP contribution in [0.2, 0.25) is 5.02 Å². The standard InChI is InChI=1S/C10H14ClNO/c1-2-3-10(12-13)8-4-6-9(11)7-5-8/h4-7,10,12-13H,2-3H2,1H3. The van der Waals surface area contributed by atoms with Gasteiger partial charge in [-0.15, -0.1) is 0 Å². The Kier molecular flexibility index (Phi) is 4.22. The molecule has 0 aliphatic carbocycles. The van der Waals surface area contributed by atoms with E-state index in [0.717, 1.165) is 23.4 Å². The highest BCUT2D eigenvalue weighted by molar-refractivity contribution is 6.30. The fraction of sp³-hybridized carbons (Fsp3) is 0.400. The van der Waals surface area contributed by atoms with Crippen molar-refractivity contribution < 1.29 is 5.21 Å². The average molecular weight is 200 g/mol. The molecule has 1 aromatic carbocycles. The summed E-state index contributed by atoms with van der Waals surface area (Å²) in [6.45, 7) is 2.08. The summed E-state index contributed by atoms with van der Waals surface area (Å²) in [6, 6.07) is 7.52. The lowest BCUT2D eigenvalue weighted by molar-refractivity contribution is 0.121. The van der Waals surface area contributed by atoms with Gasteiger partial charge in [-0.25, -0.2) is 0 Å². The predicted octanol–water partition coefficient (Wildman–Crippen LogP) is 3.16. The topological polar surface area (TPSA) is 32.3 Å². The van der Waals surface area contributed by atoms with E-state index in [0.29, 0.717) is 0 Å². The second-order valence-electron chi connectivity index (χ2n) is 3.02. The third-order valence-corrected chi connectivity index (χ3v) is 2.26. The SMILES string of the molecule is CCCC(NO)c1ccc(Cl)cc1. The zero-order chi connectivity index (χ0) is 9.68. The Labute approximate surface area is 83.5 Å². The van der Waals surface area contributed by atoms with Crippen molar-refractivity contribution in [3.05, 3.63) is 34.9 Å². The fourth-order valence-electron chi connectivity index (χ4n) is 1.29. The number of hydrogen-bond donors (Lipinski definition) is 2. The van der Waals surface area contributed by atoms with Gasteiger partial charge in [0.1, 0.15) is 0 Å². The van der Waals surface area contributed by atoms with Crippen LogP contribution >= 0.6 is 11.6 Å². The quantitative estimate of drug-likeness (QED) is 0.731. The van der Waals surface area contributed by atoms with Gasteiger partial charge in [0.15, 0.2) is 0 Å². The Morgan fingerprint density at radius 3 is 2.46 bits per heavy atom. The minimum Gasteiger partial charge on any atom is -0.316 e. The van der Waals surface area contributed by atoms with E-state index in [2.05, 4.69) is 12.4 Å². The smallest absolute Gasteiger partial charge is 0.0568 e. The predicted molar refractivity (Wildman–Crippen MR) is 54.0 cm³/mol. The molecule has 3 heteroatoms. The van der Waals surface area contributed by atoms with Gasteiger partial charge in [-0.1, -0.05) is 37.1 Å². The van der Waals surface area contributed by atoms with Crippen LogP contribution in [-0.2, 0) is 0 Å². The molecule has 0 aliphatic rings. The Morgan fingerprint density at radius 1 is 1.38 bits per heavy atom. The average Bonchev–Trinajstić information content (AvgIpc) is 2.16. The molecule has 0 saturated heterocycles. The first kappa shape index (κ1) is 10.5. The van der Waals surface area contributed by atoms with Crippen molar-refractivity contribution >= 4 is 11.6 Å². The van der Waals surface area contributed by atoms with Gasteiger partial charge in [0.25, 0.3) is 0 Å². The second-order valence-corrected chi connectivity index (χ2v) is 3.46. The highest BCUT2D eigenvalue weighted by atomic mass is 35.5. The van der Waals surface area contributed by atoms with Crippen molar-refractivity contribution in [1.82, 2.24) is 5.48 Å². The molecule has 0 heterocycles. The summed E-state index contributed by atoms with van der Waals surface area (Å²) >= 11 is 5.75. The molecule has 0 aromatic heterocycles. The molecule has 13 heavy (non-hydrogen) atoms. The van der Waals surface area contributed by atoms with E-state index in [1.165, 1.54) is 0 Å². The van der Waals surface area contributed by atoms with Gasteiger partial charge in [0, 0.05) is 5.02 Å². The summed E-state index contributed by atoms with van der Waals surface area (Å²) in [7, 11) is 0. The number of hydroxylamine groups is 1. The summed E-state index contributed by atoms with van der Waals surface area (Å²) < 4.78 is 0. The van der Waals surface area contributed by atoms with Gasteiger partial charge in [0.05, 0.1) is 6.04 Å². The molecular formula is C10H14ClNO. The molecule has 0 spiro atoms. The summed E-state index contributed by atoms with van der Waals surface area (Å²) in [6.07, 6.45) is 1.94. The summed E-state index contributed by atoms with van der Waals surface area (Å²) in [5.41, 5.74) is 3.36. The molecule has 0 radical (unpaired) electrons. The van der Waals surface area contributed by atoms with E-state index < -0.39 is 0 Å². The van der Waals surface area contributed by atoms with Crippen molar-refractivity contribution in [2.45, 2.75) is 25.8 Å². The van der Waals surface area contributed by atoms with Crippen LogP contribution in [0.15, 0.2) is 24.3 Å². The van der Waals surface area contributed by atoms with Gasteiger partial charge < -0.3 is 5.21 Å². The maximum absolute atomic E-state index is 8.90. The highest BCUT2D eigenvalue weighted by Gasteiger charge is 2.07. The molecule has 0 bridgehead atoms. The molecule has 0 fully saturated rings. The van der Waals surface area contributed by atoms with E-state index in [1.807, 2.05) is 24.3 Å². The lowest BCUT2D eigenvalue weighted by Gasteiger charge is -2.13. The number of halogens is 1. The molecular weight excluding hydrogens is 186 g/mol. The molecule has 1 aromatic rings. The third kappa shape index (κ3) is 2.99. The summed E-state index contributed by atoms with van der Waals surface area (Å²) in [5, 5.41) is 9.62. The van der Waals surface area contributed by atoms with E-state index in [9.17, 15) is 0 Å². The van der Waals surface area contributed by atoms with E-state index >= 15 is 0 Å². The van der Waals surface area contributed by atoms with Crippen LogP contribution < -0.4 is 5.48 Å². The van der Waals surface area contributed by atoms with Crippen molar-refractivity contribution in [1.29, 1.82) is 0 Å². The molecule has 1 unspecified atom stereocenters. The monoisotopic (exact) mass is 199 g/mol. The van der Waals surface area contributed by atoms with Crippen LogP contribution in [-0.4, -0.2) is 5.21 Å². The number of benzene rings is 1. The van der Waals surface area contributed by atoms with Crippen LogP contribution in [0.1, 0.15) is 31.4 Å². The van der Waals surface area contributed by atoms with Gasteiger partial charge in [0.2, 0.25) is 0 Å². The first-order chi connectivity index (χ1) is 6.27. The number of hydrogen-bond acceptors (Lipinski definition) is 2. The first-order valence-electron chi connectivity index (χ1n) is 4.43. The van der Waals surface area contributed by atoms with Gasteiger partial charge in [-0.2, -0.15) is 5.48 Å². The molecule has 1 rings (SSSR count). The van der Waals surface area contributed by atoms with Crippen molar-refractivity contribution in [2.24, 2.45) is 0 Å². The normalized spacial score (nSPS) is 12.8. The molecule has 0 amide bonds. The van der Waals surface area contributed by atoms with Crippen LogP contribution in [0, 0.1) is 0 Å². The van der Waals surface area contributed by atoms with Crippen molar-refractivity contribution in [2.75, 3.05) is 0 Å². The van der Waals surface area contributed by atoms with Crippen molar-refractivity contribution in [3.63, 3.8) is 0 Å². The molecule has 0 aliphatic heterocycles. The Bertz CT molecular complexity index is 248. The van der Waals surface area contributed by atoms with E-state index in [1.54, 1.807) is 0 Å². The maximum atomic E-state index is 8.90. The van der Waals surface area contributed by atoms with Gasteiger partial charge in [-0.3, -0.25) is 0 Å². The lowest BCUT2D eigenvalue weighted by atomic mass is 10.0. The molecule has 2 nitrogen and oxygen atoms in total. The Hall–Kier alpha value is -0.570. The van der Waals surface area contributed by atoms with Crippen LogP contribution in [0.25, 0.3) is 0 Å². The summed E-state index contributed by atoms with van der Waals surface area (Å²) in [4.78, 5) is 0. The first-order valence-corrected chi connectivity index (χ1v) is 4.80. The van der Waals surface area contributed by atoms with Crippen LogP contribution in [0.3, 0.4) is 0 Å². The van der Waals surface area contributed by atoms with Crippen LogP contribution in [0.4, 0.5) is 0 Å². The molecule has 72 valence electrons. The zero-order valence-electron chi connectivity index (χ0n) is 7.63. The van der Waals surface area contributed by atoms with Crippen LogP contribution in [0.5, 0.6) is 0 Å².